The lowest BCUT2D eigenvalue weighted by molar-refractivity contribution is 0.616. The van der Waals surface area contributed by atoms with Gasteiger partial charge in [-0.25, -0.2) is 0 Å². The molecule has 0 amide bonds. The molecule has 15 heavy (non-hydrogen) atoms. The molecule has 1 fully saturated rings. The number of hydrogen-bond donors (Lipinski definition) is 1. The first-order chi connectivity index (χ1) is 7.20. The van der Waals surface area contributed by atoms with Crippen molar-refractivity contribution >= 4 is 21.6 Å². The van der Waals surface area contributed by atoms with E-state index in [2.05, 4.69) is 53.3 Å². The smallest absolute Gasteiger partial charge is 0.0383 e. The van der Waals surface area contributed by atoms with E-state index in [0.29, 0.717) is 6.04 Å². The first-order valence-corrected chi connectivity index (χ1v) is 6.52. The van der Waals surface area contributed by atoms with Gasteiger partial charge in [0.2, 0.25) is 0 Å². The van der Waals surface area contributed by atoms with Gasteiger partial charge in [-0.15, -0.1) is 0 Å². The Kier molecular flexibility index (Phi) is 3.35. The molecule has 2 rings (SSSR count). The normalized spacial score (nSPS) is 17.5. The van der Waals surface area contributed by atoms with Crippen LogP contribution in [-0.2, 0) is 0 Å². The van der Waals surface area contributed by atoms with Crippen LogP contribution >= 0.6 is 15.9 Å². The molecule has 1 aromatic rings. The first kappa shape index (κ1) is 11.0. The quantitative estimate of drug-likeness (QED) is 0.855. The summed E-state index contributed by atoms with van der Waals surface area (Å²) in [5.41, 5.74) is 2.61. The van der Waals surface area contributed by atoms with Crippen LogP contribution in [0.1, 0.15) is 31.7 Å². The number of aryl methyl sites for hydroxylation is 1. The summed E-state index contributed by atoms with van der Waals surface area (Å²) < 4.78 is 1.15. The molecule has 1 aliphatic carbocycles. The highest BCUT2D eigenvalue weighted by atomic mass is 79.9. The summed E-state index contributed by atoms with van der Waals surface area (Å²) in [7, 11) is 0. The third-order valence-corrected chi connectivity index (χ3v) is 3.66. The molecule has 2 heteroatoms. The fourth-order valence-corrected chi connectivity index (χ4v) is 2.36. The lowest BCUT2D eigenvalue weighted by Crippen LogP contribution is -2.21. The van der Waals surface area contributed by atoms with Gasteiger partial charge in [-0.2, -0.15) is 0 Å². The maximum absolute atomic E-state index is 3.67. The zero-order valence-corrected chi connectivity index (χ0v) is 11.0. The lowest BCUT2D eigenvalue weighted by atomic mass is 10.1. The SMILES string of the molecule is CCC(Nc1cc(Br)ccc1C)C1CC1. The van der Waals surface area contributed by atoms with Crippen LogP contribution < -0.4 is 5.32 Å². The van der Waals surface area contributed by atoms with Crippen LogP contribution in [-0.4, -0.2) is 6.04 Å². The van der Waals surface area contributed by atoms with Gasteiger partial charge in [0.15, 0.2) is 0 Å². The number of rotatable bonds is 4. The molecule has 0 bridgehead atoms. The fraction of sp³-hybridized carbons (Fsp3) is 0.538. The molecule has 0 spiro atoms. The topological polar surface area (TPSA) is 12.0 Å². The predicted octanol–water partition coefficient (Wildman–Crippen LogP) is 4.36. The molecule has 1 nitrogen and oxygen atoms in total. The van der Waals surface area contributed by atoms with E-state index in [1.165, 1.54) is 30.5 Å². The van der Waals surface area contributed by atoms with Gasteiger partial charge in [0.25, 0.3) is 0 Å². The van der Waals surface area contributed by atoms with Crippen LogP contribution in [0.2, 0.25) is 0 Å². The van der Waals surface area contributed by atoms with Gasteiger partial charge >= 0.3 is 0 Å². The molecule has 1 unspecified atom stereocenters. The number of nitrogens with one attached hydrogen (secondary N) is 1. The van der Waals surface area contributed by atoms with E-state index in [1.54, 1.807) is 0 Å². The van der Waals surface area contributed by atoms with Crippen molar-refractivity contribution in [3.8, 4) is 0 Å². The van der Waals surface area contributed by atoms with Gasteiger partial charge in [-0.05, 0) is 49.8 Å². The molecule has 0 saturated heterocycles. The van der Waals surface area contributed by atoms with E-state index in [4.69, 9.17) is 0 Å². The molecular weight excluding hydrogens is 250 g/mol. The van der Waals surface area contributed by atoms with Crippen LogP contribution in [0, 0.1) is 12.8 Å². The Morgan fingerprint density at radius 2 is 2.20 bits per heavy atom. The molecule has 0 radical (unpaired) electrons. The zero-order valence-electron chi connectivity index (χ0n) is 9.39. The minimum Gasteiger partial charge on any atom is -0.382 e. The summed E-state index contributed by atoms with van der Waals surface area (Å²) >= 11 is 3.52. The summed E-state index contributed by atoms with van der Waals surface area (Å²) in [4.78, 5) is 0. The van der Waals surface area contributed by atoms with E-state index >= 15 is 0 Å². The first-order valence-electron chi connectivity index (χ1n) is 5.73. The van der Waals surface area contributed by atoms with Crippen molar-refractivity contribution in [3.05, 3.63) is 28.2 Å². The number of hydrogen-bond acceptors (Lipinski definition) is 1. The number of benzene rings is 1. The van der Waals surface area contributed by atoms with Crippen LogP contribution in [0.5, 0.6) is 0 Å². The van der Waals surface area contributed by atoms with E-state index in [0.717, 1.165) is 10.4 Å². The highest BCUT2D eigenvalue weighted by Crippen LogP contribution is 2.36. The van der Waals surface area contributed by atoms with Gasteiger partial charge in [0, 0.05) is 16.2 Å². The minimum atomic E-state index is 0.665. The van der Waals surface area contributed by atoms with Gasteiger partial charge in [0.1, 0.15) is 0 Å². The van der Waals surface area contributed by atoms with Gasteiger partial charge < -0.3 is 5.32 Å². The molecule has 82 valence electrons. The molecule has 0 aromatic heterocycles. The van der Waals surface area contributed by atoms with Crippen molar-refractivity contribution < 1.29 is 0 Å². The maximum Gasteiger partial charge on any atom is 0.0383 e. The molecule has 1 saturated carbocycles. The van der Waals surface area contributed by atoms with Gasteiger partial charge in [-0.3, -0.25) is 0 Å². The standard InChI is InChI=1S/C13H18BrN/c1-3-12(10-5-6-10)15-13-8-11(14)7-4-9(13)2/h4,7-8,10,12,15H,3,5-6H2,1-2H3. The third-order valence-electron chi connectivity index (χ3n) is 3.17. The molecule has 1 aliphatic rings. The highest BCUT2D eigenvalue weighted by Gasteiger charge is 2.29. The summed E-state index contributed by atoms with van der Waals surface area (Å²) in [6.45, 7) is 4.43. The summed E-state index contributed by atoms with van der Waals surface area (Å²) in [6.07, 6.45) is 4.02. The number of anilines is 1. The van der Waals surface area contributed by atoms with Crippen LogP contribution in [0.25, 0.3) is 0 Å². The van der Waals surface area contributed by atoms with E-state index < -0.39 is 0 Å². The monoisotopic (exact) mass is 267 g/mol. The lowest BCUT2D eigenvalue weighted by Gasteiger charge is -2.19. The van der Waals surface area contributed by atoms with Crippen LogP contribution in [0.15, 0.2) is 22.7 Å². The summed E-state index contributed by atoms with van der Waals surface area (Å²) in [6, 6.07) is 7.10. The molecule has 0 aliphatic heterocycles. The Morgan fingerprint density at radius 1 is 1.47 bits per heavy atom. The molecule has 1 aromatic carbocycles. The van der Waals surface area contributed by atoms with Gasteiger partial charge in [-0.1, -0.05) is 28.9 Å². The van der Waals surface area contributed by atoms with E-state index in [9.17, 15) is 0 Å². The predicted molar refractivity (Wildman–Crippen MR) is 69.3 cm³/mol. The van der Waals surface area contributed by atoms with Crippen molar-refractivity contribution in [2.45, 2.75) is 39.2 Å². The van der Waals surface area contributed by atoms with Crippen LogP contribution in [0.3, 0.4) is 0 Å². The largest absolute Gasteiger partial charge is 0.382 e. The average Bonchev–Trinajstić information content (AvgIpc) is 3.03. The number of halogens is 1. The Labute approximate surface area is 100 Å². The van der Waals surface area contributed by atoms with Crippen LogP contribution in [0.4, 0.5) is 5.69 Å². The summed E-state index contributed by atoms with van der Waals surface area (Å²) in [5.74, 6) is 0.911. The second-order valence-corrected chi connectivity index (χ2v) is 5.37. The molecule has 1 N–H and O–H groups in total. The molecular formula is C13H18BrN. The Balaban J connectivity index is 2.11. The van der Waals surface area contributed by atoms with E-state index in [1.807, 2.05) is 0 Å². The van der Waals surface area contributed by atoms with Crippen molar-refractivity contribution in [2.75, 3.05) is 5.32 Å². The maximum atomic E-state index is 3.67. The van der Waals surface area contributed by atoms with Crippen molar-refractivity contribution in [1.82, 2.24) is 0 Å². The highest BCUT2D eigenvalue weighted by molar-refractivity contribution is 9.10. The zero-order chi connectivity index (χ0) is 10.8. The van der Waals surface area contributed by atoms with E-state index in [-0.39, 0.29) is 0 Å². The van der Waals surface area contributed by atoms with Crippen molar-refractivity contribution in [3.63, 3.8) is 0 Å². The van der Waals surface area contributed by atoms with Gasteiger partial charge in [0.05, 0.1) is 0 Å². The minimum absolute atomic E-state index is 0.665. The third kappa shape index (κ3) is 2.75. The Hall–Kier alpha value is -0.500. The molecule has 1 atom stereocenters. The second-order valence-electron chi connectivity index (χ2n) is 4.46. The molecule has 0 heterocycles. The average molecular weight is 268 g/mol. The Morgan fingerprint density at radius 3 is 2.80 bits per heavy atom. The van der Waals surface area contributed by atoms with Crippen molar-refractivity contribution in [2.24, 2.45) is 5.92 Å². The fourth-order valence-electron chi connectivity index (χ4n) is 2.00. The summed E-state index contributed by atoms with van der Waals surface area (Å²) in [5, 5.41) is 3.67. The van der Waals surface area contributed by atoms with Crippen molar-refractivity contribution in [1.29, 1.82) is 0 Å². The Bertz CT molecular complexity index is 344. The second kappa shape index (κ2) is 4.56.